The fraction of sp³-hybridized carbons (Fsp3) is 0.222. The fourth-order valence-electron chi connectivity index (χ4n) is 2.79. The highest BCUT2D eigenvalue weighted by Gasteiger charge is 2.13. The molecule has 3 N–H and O–H groups in total. The van der Waals surface area contributed by atoms with Crippen molar-refractivity contribution in [1.29, 1.82) is 0 Å². The molecule has 0 amide bonds. The predicted octanol–water partition coefficient (Wildman–Crippen LogP) is 4.86. The van der Waals surface area contributed by atoms with Crippen LogP contribution in [0, 0.1) is 9.39 Å². The van der Waals surface area contributed by atoms with Gasteiger partial charge >= 0.3 is 0 Å². The molecule has 0 aliphatic heterocycles. The zero-order valence-electron chi connectivity index (χ0n) is 12.2. The Hall–Kier alpha value is -1.40. The van der Waals surface area contributed by atoms with Crippen molar-refractivity contribution in [3.63, 3.8) is 0 Å². The number of hydrogen-bond acceptors (Lipinski definition) is 1. The lowest BCUT2D eigenvalue weighted by molar-refractivity contribution is 0.628. The molecule has 22 heavy (non-hydrogen) atoms. The van der Waals surface area contributed by atoms with Crippen LogP contribution < -0.4 is 5.73 Å². The molecule has 3 rings (SSSR count). The van der Waals surface area contributed by atoms with Gasteiger partial charge in [-0.2, -0.15) is 0 Å². The van der Waals surface area contributed by atoms with Crippen molar-refractivity contribution in [2.24, 2.45) is 5.73 Å². The van der Waals surface area contributed by atoms with Crippen LogP contribution in [0.4, 0.5) is 4.39 Å². The van der Waals surface area contributed by atoms with Gasteiger partial charge in [0.05, 0.1) is 0 Å². The van der Waals surface area contributed by atoms with Crippen molar-refractivity contribution in [3.05, 3.63) is 57.4 Å². The first-order valence-electron chi connectivity index (χ1n) is 7.45. The van der Waals surface area contributed by atoms with Crippen LogP contribution in [0.15, 0.2) is 42.5 Å². The van der Waals surface area contributed by atoms with Gasteiger partial charge in [0.1, 0.15) is 5.82 Å². The number of hydrogen-bond donors (Lipinski definition) is 2. The Balaban J connectivity index is 2.10. The standard InChI is InChI=1S/C18H18FIN2/c19-13-6-4-12(5-7-13)18-15(3-1-2-10-21)16-11-14(20)8-9-17(16)22-18/h4-9,11,22H,1-3,10,21H2. The van der Waals surface area contributed by atoms with E-state index >= 15 is 0 Å². The minimum Gasteiger partial charge on any atom is -0.354 e. The van der Waals surface area contributed by atoms with E-state index in [2.05, 4.69) is 45.8 Å². The number of nitrogens with one attached hydrogen (secondary N) is 1. The summed E-state index contributed by atoms with van der Waals surface area (Å²) >= 11 is 2.33. The van der Waals surface area contributed by atoms with Crippen molar-refractivity contribution in [1.82, 2.24) is 4.98 Å². The maximum absolute atomic E-state index is 13.2. The van der Waals surface area contributed by atoms with Crippen LogP contribution in [0.25, 0.3) is 22.2 Å². The molecule has 0 radical (unpaired) electrons. The van der Waals surface area contributed by atoms with Crippen LogP contribution in [0.2, 0.25) is 0 Å². The van der Waals surface area contributed by atoms with Crippen LogP contribution in [0.5, 0.6) is 0 Å². The second-order valence-corrected chi connectivity index (χ2v) is 6.67. The Morgan fingerprint density at radius 2 is 1.82 bits per heavy atom. The maximum atomic E-state index is 13.2. The molecule has 1 heterocycles. The van der Waals surface area contributed by atoms with Crippen LogP contribution in [0.1, 0.15) is 18.4 Å². The lowest BCUT2D eigenvalue weighted by Crippen LogP contribution is -1.99. The molecule has 2 nitrogen and oxygen atoms in total. The summed E-state index contributed by atoms with van der Waals surface area (Å²) < 4.78 is 14.4. The van der Waals surface area contributed by atoms with Gasteiger partial charge in [-0.3, -0.25) is 0 Å². The molecule has 0 saturated carbocycles. The first-order valence-corrected chi connectivity index (χ1v) is 8.53. The van der Waals surface area contributed by atoms with E-state index in [4.69, 9.17) is 5.73 Å². The van der Waals surface area contributed by atoms with Crippen molar-refractivity contribution in [3.8, 4) is 11.3 Å². The van der Waals surface area contributed by atoms with Crippen LogP contribution >= 0.6 is 22.6 Å². The van der Waals surface area contributed by atoms with Gasteiger partial charge < -0.3 is 10.7 Å². The Morgan fingerprint density at radius 1 is 1.05 bits per heavy atom. The van der Waals surface area contributed by atoms with Gasteiger partial charge in [-0.25, -0.2) is 4.39 Å². The Kier molecular flexibility index (Phi) is 4.78. The highest BCUT2D eigenvalue weighted by Crippen LogP contribution is 2.32. The van der Waals surface area contributed by atoms with Gasteiger partial charge in [-0.15, -0.1) is 0 Å². The van der Waals surface area contributed by atoms with Crippen LogP contribution in [-0.2, 0) is 6.42 Å². The fourth-order valence-corrected chi connectivity index (χ4v) is 3.28. The molecule has 114 valence electrons. The van der Waals surface area contributed by atoms with Crippen molar-refractivity contribution in [2.75, 3.05) is 6.54 Å². The van der Waals surface area contributed by atoms with E-state index in [0.29, 0.717) is 6.54 Å². The molecule has 4 heteroatoms. The van der Waals surface area contributed by atoms with Crippen molar-refractivity contribution in [2.45, 2.75) is 19.3 Å². The number of H-pyrrole nitrogens is 1. The Labute approximate surface area is 143 Å². The van der Waals surface area contributed by atoms with E-state index in [-0.39, 0.29) is 5.82 Å². The molecule has 0 bridgehead atoms. The quantitative estimate of drug-likeness (QED) is 0.460. The third-order valence-electron chi connectivity index (χ3n) is 3.88. The average molecular weight is 408 g/mol. The highest BCUT2D eigenvalue weighted by atomic mass is 127. The van der Waals surface area contributed by atoms with E-state index in [1.54, 1.807) is 0 Å². The smallest absolute Gasteiger partial charge is 0.123 e. The largest absolute Gasteiger partial charge is 0.354 e. The molecule has 0 fully saturated rings. The Morgan fingerprint density at radius 3 is 2.55 bits per heavy atom. The summed E-state index contributed by atoms with van der Waals surface area (Å²) in [6.07, 6.45) is 3.05. The van der Waals surface area contributed by atoms with E-state index in [9.17, 15) is 4.39 Å². The highest BCUT2D eigenvalue weighted by molar-refractivity contribution is 14.1. The topological polar surface area (TPSA) is 41.8 Å². The summed E-state index contributed by atoms with van der Waals surface area (Å²) in [4.78, 5) is 3.50. The number of aryl methyl sites for hydroxylation is 1. The first kappa shape index (κ1) is 15.5. The number of benzene rings is 2. The molecule has 0 saturated heterocycles. The lowest BCUT2D eigenvalue weighted by atomic mass is 10.0. The van der Waals surface area contributed by atoms with E-state index < -0.39 is 0 Å². The molecule has 0 spiro atoms. The zero-order chi connectivity index (χ0) is 15.5. The van der Waals surface area contributed by atoms with Gasteiger partial charge in [-0.1, -0.05) is 0 Å². The minimum absolute atomic E-state index is 0.209. The summed E-state index contributed by atoms with van der Waals surface area (Å²) in [5.41, 5.74) is 10.2. The molecule has 0 aliphatic rings. The second-order valence-electron chi connectivity index (χ2n) is 5.42. The van der Waals surface area contributed by atoms with E-state index in [1.807, 2.05) is 12.1 Å². The number of unbranched alkanes of at least 4 members (excludes halogenated alkanes) is 1. The molecule has 2 aromatic carbocycles. The Bertz CT molecular complexity index is 778. The molecule has 1 aromatic heterocycles. The van der Waals surface area contributed by atoms with Gasteiger partial charge in [0.2, 0.25) is 0 Å². The third kappa shape index (κ3) is 3.17. The average Bonchev–Trinajstić information content (AvgIpc) is 2.86. The summed E-state index contributed by atoms with van der Waals surface area (Å²) in [6.45, 7) is 0.714. The molecule has 3 aromatic rings. The first-order chi connectivity index (χ1) is 10.7. The summed E-state index contributed by atoms with van der Waals surface area (Å²) in [5.74, 6) is -0.209. The SMILES string of the molecule is NCCCCc1c(-c2ccc(F)cc2)[nH]c2ccc(I)cc12. The van der Waals surface area contributed by atoms with E-state index in [0.717, 1.165) is 36.0 Å². The summed E-state index contributed by atoms with van der Waals surface area (Å²) in [6, 6.07) is 13.1. The van der Waals surface area contributed by atoms with Crippen molar-refractivity contribution < 1.29 is 4.39 Å². The molecule has 0 atom stereocenters. The van der Waals surface area contributed by atoms with Crippen LogP contribution in [0.3, 0.4) is 0 Å². The molecule has 0 unspecified atom stereocenters. The number of fused-ring (bicyclic) bond motifs is 1. The molecule has 0 aliphatic carbocycles. The number of nitrogens with two attached hydrogens (primary N) is 1. The maximum Gasteiger partial charge on any atom is 0.123 e. The molecular formula is C18H18FIN2. The normalized spacial score (nSPS) is 11.2. The lowest BCUT2D eigenvalue weighted by Gasteiger charge is -2.05. The van der Waals surface area contributed by atoms with Gasteiger partial charge in [0.15, 0.2) is 0 Å². The molecular weight excluding hydrogens is 390 g/mol. The third-order valence-corrected chi connectivity index (χ3v) is 4.55. The van der Waals surface area contributed by atoms with Crippen LogP contribution in [-0.4, -0.2) is 11.5 Å². The van der Waals surface area contributed by atoms with E-state index in [1.165, 1.54) is 26.7 Å². The van der Waals surface area contributed by atoms with Crippen molar-refractivity contribution >= 4 is 33.5 Å². The number of aromatic nitrogens is 1. The zero-order valence-corrected chi connectivity index (χ0v) is 14.4. The number of rotatable bonds is 5. The number of aromatic amines is 1. The monoisotopic (exact) mass is 408 g/mol. The van der Waals surface area contributed by atoms with Gasteiger partial charge in [0.25, 0.3) is 0 Å². The number of halogens is 2. The minimum atomic E-state index is -0.209. The second kappa shape index (κ2) is 6.79. The van der Waals surface area contributed by atoms with Gasteiger partial charge in [0, 0.05) is 20.2 Å². The van der Waals surface area contributed by atoms with Gasteiger partial charge in [-0.05, 0) is 102 Å². The summed E-state index contributed by atoms with van der Waals surface area (Å²) in [7, 11) is 0. The predicted molar refractivity (Wildman–Crippen MR) is 98.4 cm³/mol. The summed E-state index contributed by atoms with van der Waals surface area (Å²) in [5, 5.41) is 1.25.